The first-order chi connectivity index (χ1) is 4.34. The fourth-order valence-corrected chi connectivity index (χ4v) is 1.21. The summed E-state index contributed by atoms with van der Waals surface area (Å²) in [6.45, 7) is 6.44. The number of aliphatic hydroxyl groups is 1. The van der Waals surface area contributed by atoms with Crippen molar-refractivity contribution >= 4 is 0 Å². The summed E-state index contributed by atoms with van der Waals surface area (Å²) in [7, 11) is 0. The molecule has 0 amide bonds. The Labute approximate surface area is 56.5 Å². The lowest BCUT2D eigenvalue weighted by atomic mass is 10.3. The minimum Gasteiger partial charge on any atom is -0.382 e. The number of rotatable bonds is 2. The van der Waals surface area contributed by atoms with Crippen LogP contribution >= 0.6 is 0 Å². The average Bonchev–Trinajstić information content (AvgIpc) is 2.37. The molecule has 1 aliphatic heterocycles. The molecule has 2 nitrogen and oxygen atoms in total. The van der Waals surface area contributed by atoms with Crippen LogP contribution in [-0.2, 0) is 0 Å². The molecule has 0 bridgehead atoms. The summed E-state index contributed by atoms with van der Waals surface area (Å²) in [6.07, 6.45) is 2.54. The quantitative estimate of drug-likeness (QED) is 0.595. The number of aliphatic hydroxyl groups excluding tert-OH is 1. The van der Waals surface area contributed by atoms with Crippen LogP contribution in [0.3, 0.4) is 0 Å². The predicted octanol–water partition coefficient (Wildman–Crippen LogP) is 0.882. The van der Waals surface area contributed by atoms with Crippen molar-refractivity contribution in [2.24, 2.45) is 0 Å². The standard InChI is InChI=1S/C7H13NO/c1-7(6-9)8-4-2-3-5-8/h7,9H,2-5H2,1H3. The van der Waals surface area contributed by atoms with Gasteiger partial charge < -0.3 is 5.11 Å². The van der Waals surface area contributed by atoms with E-state index in [2.05, 4.69) is 11.5 Å². The molecule has 52 valence electrons. The Bertz CT molecular complexity index is 79.0. The molecule has 2 heteroatoms. The van der Waals surface area contributed by atoms with E-state index in [1.807, 2.05) is 6.92 Å². The maximum Gasteiger partial charge on any atom is 0.146 e. The Hall–Kier alpha value is -0.0800. The average molecular weight is 127 g/mol. The second-order valence-electron chi connectivity index (χ2n) is 2.55. The molecule has 1 unspecified atom stereocenters. The van der Waals surface area contributed by atoms with Gasteiger partial charge in [0, 0.05) is 6.04 Å². The Balaban J connectivity index is 2.24. The molecule has 1 fully saturated rings. The minimum absolute atomic E-state index is 0.132. The number of nitrogens with zero attached hydrogens (tertiary/aromatic N) is 1. The molecule has 1 N–H and O–H groups in total. The van der Waals surface area contributed by atoms with E-state index in [0.717, 1.165) is 13.1 Å². The van der Waals surface area contributed by atoms with Crippen molar-refractivity contribution in [3.05, 3.63) is 6.61 Å². The zero-order chi connectivity index (χ0) is 6.69. The van der Waals surface area contributed by atoms with Crippen molar-refractivity contribution in [1.29, 1.82) is 0 Å². The van der Waals surface area contributed by atoms with Gasteiger partial charge in [0.05, 0.1) is 0 Å². The van der Waals surface area contributed by atoms with Gasteiger partial charge in [-0.2, -0.15) is 0 Å². The highest BCUT2D eigenvalue weighted by atomic mass is 16.3. The van der Waals surface area contributed by atoms with Crippen LogP contribution in [0.4, 0.5) is 0 Å². The van der Waals surface area contributed by atoms with Crippen LogP contribution in [0.25, 0.3) is 0 Å². The molecule has 0 aliphatic carbocycles. The van der Waals surface area contributed by atoms with E-state index in [0.29, 0.717) is 0 Å². The van der Waals surface area contributed by atoms with Crippen LogP contribution < -0.4 is 0 Å². The molecule has 0 aromatic rings. The first kappa shape index (κ1) is 7.03. The Morgan fingerprint density at radius 2 is 2.00 bits per heavy atom. The molecule has 1 rings (SSSR count). The Morgan fingerprint density at radius 3 is 2.44 bits per heavy atom. The van der Waals surface area contributed by atoms with E-state index in [9.17, 15) is 0 Å². The van der Waals surface area contributed by atoms with E-state index >= 15 is 0 Å². The summed E-state index contributed by atoms with van der Waals surface area (Å²) in [5.74, 6) is 0. The van der Waals surface area contributed by atoms with Crippen LogP contribution in [0.15, 0.2) is 0 Å². The molecule has 0 spiro atoms. The van der Waals surface area contributed by atoms with E-state index in [4.69, 9.17) is 5.11 Å². The predicted molar refractivity (Wildman–Crippen MR) is 35.4 cm³/mol. The van der Waals surface area contributed by atoms with E-state index < -0.39 is 0 Å². The SMILES string of the molecule is CC([C]O)N1CCCC1. The maximum absolute atomic E-state index is 8.50. The summed E-state index contributed by atoms with van der Waals surface area (Å²) in [6, 6.07) is 0.132. The van der Waals surface area contributed by atoms with Crippen LogP contribution in [0.5, 0.6) is 0 Å². The molecule has 1 atom stereocenters. The van der Waals surface area contributed by atoms with Gasteiger partial charge in [-0.3, -0.25) is 4.90 Å². The van der Waals surface area contributed by atoms with Gasteiger partial charge >= 0.3 is 0 Å². The third-order valence-corrected chi connectivity index (χ3v) is 1.88. The lowest BCUT2D eigenvalue weighted by molar-refractivity contribution is 0.213. The van der Waals surface area contributed by atoms with Gasteiger partial charge in [-0.25, -0.2) is 0 Å². The zero-order valence-corrected chi connectivity index (χ0v) is 5.80. The van der Waals surface area contributed by atoms with Gasteiger partial charge in [0.25, 0.3) is 0 Å². The minimum atomic E-state index is 0.132. The molecule has 0 aromatic carbocycles. The molecule has 2 radical (unpaired) electrons. The molecule has 1 heterocycles. The summed E-state index contributed by atoms with van der Waals surface area (Å²) >= 11 is 0. The van der Waals surface area contributed by atoms with Crippen molar-refractivity contribution in [3.8, 4) is 0 Å². The van der Waals surface area contributed by atoms with Crippen LogP contribution in [0.1, 0.15) is 19.8 Å². The van der Waals surface area contributed by atoms with E-state index in [1.54, 1.807) is 0 Å². The van der Waals surface area contributed by atoms with Gasteiger partial charge in [0.15, 0.2) is 0 Å². The second kappa shape index (κ2) is 3.18. The lowest BCUT2D eigenvalue weighted by Gasteiger charge is -2.19. The van der Waals surface area contributed by atoms with E-state index in [1.165, 1.54) is 12.8 Å². The summed E-state index contributed by atoms with van der Waals surface area (Å²) in [5, 5.41) is 8.50. The highest BCUT2D eigenvalue weighted by Crippen LogP contribution is 2.11. The summed E-state index contributed by atoms with van der Waals surface area (Å²) in [5.41, 5.74) is 0. The van der Waals surface area contributed by atoms with Crippen LogP contribution in [0, 0.1) is 6.61 Å². The monoisotopic (exact) mass is 127 g/mol. The van der Waals surface area contributed by atoms with Crippen LogP contribution in [-0.4, -0.2) is 29.1 Å². The number of likely N-dealkylation sites (tertiary alicyclic amines) is 1. The third-order valence-electron chi connectivity index (χ3n) is 1.88. The first-order valence-electron chi connectivity index (χ1n) is 3.48. The van der Waals surface area contributed by atoms with Crippen molar-refractivity contribution in [2.75, 3.05) is 13.1 Å². The highest BCUT2D eigenvalue weighted by molar-refractivity contribution is 4.76. The largest absolute Gasteiger partial charge is 0.382 e. The number of hydrogen-bond donors (Lipinski definition) is 1. The van der Waals surface area contributed by atoms with Gasteiger partial charge in [-0.15, -0.1) is 0 Å². The first-order valence-corrected chi connectivity index (χ1v) is 3.48. The normalized spacial score (nSPS) is 24.7. The highest BCUT2D eigenvalue weighted by Gasteiger charge is 2.17. The fourth-order valence-electron chi connectivity index (χ4n) is 1.21. The Morgan fingerprint density at radius 1 is 1.44 bits per heavy atom. The molecule has 0 aromatic heterocycles. The van der Waals surface area contributed by atoms with Crippen molar-refractivity contribution in [1.82, 2.24) is 4.90 Å². The van der Waals surface area contributed by atoms with Gasteiger partial charge in [0.1, 0.15) is 6.61 Å². The topological polar surface area (TPSA) is 23.5 Å². The van der Waals surface area contributed by atoms with Gasteiger partial charge in [-0.1, -0.05) is 0 Å². The maximum atomic E-state index is 8.50. The lowest BCUT2D eigenvalue weighted by Crippen LogP contribution is -2.30. The molecular formula is C7H13NO. The zero-order valence-electron chi connectivity index (χ0n) is 5.80. The molecular weight excluding hydrogens is 114 g/mol. The second-order valence-corrected chi connectivity index (χ2v) is 2.55. The van der Waals surface area contributed by atoms with E-state index in [-0.39, 0.29) is 6.04 Å². The van der Waals surface area contributed by atoms with Gasteiger partial charge in [-0.05, 0) is 32.9 Å². The fraction of sp³-hybridized carbons (Fsp3) is 0.857. The molecule has 1 aliphatic rings. The van der Waals surface area contributed by atoms with Crippen molar-refractivity contribution < 1.29 is 5.11 Å². The molecule has 9 heavy (non-hydrogen) atoms. The third kappa shape index (κ3) is 1.66. The number of hydrogen-bond acceptors (Lipinski definition) is 2. The van der Waals surface area contributed by atoms with Crippen LogP contribution in [0.2, 0.25) is 0 Å². The summed E-state index contributed by atoms with van der Waals surface area (Å²) < 4.78 is 0. The Kier molecular flexibility index (Phi) is 2.49. The van der Waals surface area contributed by atoms with Crippen molar-refractivity contribution in [3.63, 3.8) is 0 Å². The molecule has 0 saturated carbocycles. The summed E-state index contributed by atoms with van der Waals surface area (Å²) in [4.78, 5) is 2.22. The van der Waals surface area contributed by atoms with Gasteiger partial charge in [0.2, 0.25) is 0 Å². The smallest absolute Gasteiger partial charge is 0.146 e. The van der Waals surface area contributed by atoms with Crippen molar-refractivity contribution in [2.45, 2.75) is 25.8 Å². The molecule has 1 saturated heterocycles.